The van der Waals surface area contributed by atoms with Crippen LogP contribution in [-0.4, -0.2) is 49.3 Å². The molecule has 0 radical (unpaired) electrons. The molecule has 0 spiro atoms. The molecule has 7 heteroatoms. The first-order chi connectivity index (χ1) is 13.1. The Morgan fingerprint density at radius 1 is 1.30 bits per heavy atom. The van der Waals surface area contributed by atoms with Crippen molar-refractivity contribution in [2.75, 3.05) is 33.4 Å². The van der Waals surface area contributed by atoms with Crippen LogP contribution in [0.2, 0.25) is 0 Å². The summed E-state index contributed by atoms with van der Waals surface area (Å²) in [4.78, 5) is 26.9. The van der Waals surface area contributed by atoms with E-state index >= 15 is 0 Å². The highest BCUT2D eigenvalue weighted by atomic mass is 16.5. The molecule has 150 valence electrons. The number of amides is 1. The van der Waals surface area contributed by atoms with E-state index in [0.717, 1.165) is 25.7 Å². The van der Waals surface area contributed by atoms with Crippen LogP contribution in [0.4, 0.5) is 0 Å². The van der Waals surface area contributed by atoms with E-state index in [1.165, 1.54) is 19.6 Å². The second-order valence-electron chi connectivity index (χ2n) is 7.42. The summed E-state index contributed by atoms with van der Waals surface area (Å²) in [5, 5.41) is 10.4. The predicted octanol–water partition coefficient (Wildman–Crippen LogP) is 2.40. The maximum Gasteiger partial charge on any atom is 0.227 e. The summed E-state index contributed by atoms with van der Waals surface area (Å²) in [6.45, 7) is 2.40. The van der Waals surface area contributed by atoms with Gasteiger partial charge in [0.05, 0.1) is 13.2 Å². The molecule has 1 saturated carbocycles. The summed E-state index contributed by atoms with van der Waals surface area (Å²) in [7, 11) is 1.52. The van der Waals surface area contributed by atoms with Gasteiger partial charge in [-0.05, 0) is 18.8 Å². The van der Waals surface area contributed by atoms with E-state index < -0.39 is 5.43 Å². The molecule has 3 rings (SSSR count). The number of carbonyl (C=O) groups excluding carboxylic acids is 1. The van der Waals surface area contributed by atoms with Gasteiger partial charge in [0.15, 0.2) is 5.76 Å². The van der Waals surface area contributed by atoms with Gasteiger partial charge in [0.25, 0.3) is 0 Å². The van der Waals surface area contributed by atoms with E-state index in [1.54, 1.807) is 4.90 Å². The summed E-state index contributed by atoms with van der Waals surface area (Å²) < 4.78 is 16.3. The molecule has 1 saturated heterocycles. The van der Waals surface area contributed by atoms with Crippen LogP contribution in [0.5, 0.6) is 5.75 Å². The van der Waals surface area contributed by atoms with Crippen molar-refractivity contribution in [3.05, 3.63) is 27.8 Å². The molecule has 1 amide bonds. The van der Waals surface area contributed by atoms with Gasteiger partial charge in [-0.1, -0.05) is 19.3 Å². The number of methoxy groups -OCH3 is 1. The molecule has 1 N–H and O–H groups in total. The van der Waals surface area contributed by atoms with E-state index in [2.05, 4.69) is 0 Å². The zero-order valence-corrected chi connectivity index (χ0v) is 15.9. The molecule has 27 heavy (non-hydrogen) atoms. The molecule has 1 aliphatic heterocycles. The highest BCUT2D eigenvalue weighted by Crippen LogP contribution is 2.41. The lowest BCUT2D eigenvalue weighted by Crippen LogP contribution is -2.41. The van der Waals surface area contributed by atoms with E-state index in [-0.39, 0.29) is 42.3 Å². The number of hydrogen-bond donors (Lipinski definition) is 1. The fourth-order valence-corrected chi connectivity index (χ4v) is 4.16. The van der Waals surface area contributed by atoms with E-state index in [1.807, 2.05) is 0 Å². The standard InChI is InChI=1S/C20H29NO6/c1-25-13-15-11-17(22)19(24)20(27-15)16(14-5-3-2-4-6-14)12-18(23)21-7-9-26-10-8-21/h11,14,16,24H,2-10,12-13H2,1H3. The van der Waals surface area contributed by atoms with Crippen LogP contribution in [-0.2, 0) is 20.9 Å². The highest BCUT2D eigenvalue weighted by Gasteiger charge is 2.33. The van der Waals surface area contributed by atoms with Gasteiger partial charge >= 0.3 is 0 Å². The van der Waals surface area contributed by atoms with Crippen molar-refractivity contribution in [2.45, 2.75) is 51.0 Å². The predicted molar refractivity (Wildman–Crippen MR) is 98.7 cm³/mol. The Morgan fingerprint density at radius 3 is 2.67 bits per heavy atom. The smallest absolute Gasteiger partial charge is 0.227 e. The molecule has 1 aliphatic carbocycles. The van der Waals surface area contributed by atoms with Crippen molar-refractivity contribution in [2.24, 2.45) is 5.92 Å². The van der Waals surface area contributed by atoms with Crippen molar-refractivity contribution in [3.8, 4) is 5.75 Å². The van der Waals surface area contributed by atoms with E-state index in [4.69, 9.17) is 13.9 Å². The maximum atomic E-state index is 12.9. The first-order valence-corrected chi connectivity index (χ1v) is 9.80. The fourth-order valence-electron chi connectivity index (χ4n) is 4.16. The molecule has 1 unspecified atom stereocenters. The molecule has 2 heterocycles. The van der Waals surface area contributed by atoms with Gasteiger partial charge in [-0.15, -0.1) is 0 Å². The molecule has 1 atom stereocenters. The molecule has 0 aromatic carbocycles. The van der Waals surface area contributed by atoms with Gasteiger partial charge in [0.1, 0.15) is 12.4 Å². The second-order valence-corrected chi connectivity index (χ2v) is 7.42. The number of ether oxygens (including phenoxy) is 2. The number of morpholine rings is 1. The molecule has 1 aromatic rings. The van der Waals surface area contributed by atoms with Gasteiger partial charge < -0.3 is 23.9 Å². The topological polar surface area (TPSA) is 89.2 Å². The van der Waals surface area contributed by atoms with Crippen molar-refractivity contribution in [1.82, 2.24) is 4.90 Å². The van der Waals surface area contributed by atoms with Gasteiger partial charge in [-0.25, -0.2) is 0 Å². The van der Waals surface area contributed by atoms with Crippen LogP contribution >= 0.6 is 0 Å². The average Bonchev–Trinajstić information content (AvgIpc) is 2.70. The van der Waals surface area contributed by atoms with Crippen molar-refractivity contribution >= 4 is 5.91 Å². The molecule has 0 bridgehead atoms. The van der Waals surface area contributed by atoms with Gasteiger partial charge in [0.2, 0.25) is 17.1 Å². The summed E-state index contributed by atoms with van der Waals surface area (Å²) >= 11 is 0. The van der Waals surface area contributed by atoms with Gasteiger partial charge in [-0.2, -0.15) is 0 Å². The van der Waals surface area contributed by atoms with E-state index in [9.17, 15) is 14.7 Å². The fraction of sp³-hybridized carbons (Fsp3) is 0.700. The first kappa shape index (κ1) is 19.9. The van der Waals surface area contributed by atoms with Crippen LogP contribution < -0.4 is 5.43 Å². The zero-order chi connectivity index (χ0) is 19.2. The van der Waals surface area contributed by atoms with Crippen LogP contribution in [0.25, 0.3) is 0 Å². The largest absolute Gasteiger partial charge is 0.502 e. The van der Waals surface area contributed by atoms with E-state index in [0.29, 0.717) is 32.1 Å². The summed E-state index contributed by atoms with van der Waals surface area (Å²) in [6, 6.07) is 1.25. The van der Waals surface area contributed by atoms with Crippen LogP contribution in [0, 0.1) is 5.92 Å². The average molecular weight is 379 g/mol. The van der Waals surface area contributed by atoms with Crippen LogP contribution in [0.15, 0.2) is 15.3 Å². The number of aromatic hydroxyl groups is 1. The highest BCUT2D eigenvalue weighted by molar-refractivity contribution is 5.77. The third kappa shape index (κ3) is 4.90. The second kappa shape index (κ2) is 9.37. The Hall–Kier alpha value is -1.86. The quantitative estimate of drug-likeness (QED) is 0.816. The molecule has 7 nitrogen and oxygen atoms in total. The van der Waals surface area contributed by atoms with Crippen molar-refractivity contribution < 1.29 is 23.8 Å². The van der Waals surface area contributed by atoms with Crippen LogP contribution in [0.1, 0.15) is 56.0 Å². The summed E-state index contributed by atoms with van der Waals surface area (Å²) in [5.74, 6) is 0.173. The zero-order valence-electron chi connectivity index (χ0n) is 15.9. The molecule has 2 fully saturated rings. The third-order valence-corrected chi connectivity index (χ3v) is 5.60. The Morgan fingerprint density at radius 2 is 2.00 bits per heavy atom. The van der Waals surface area contributed by atoms with Crippen molar-refractivity contribution in [3.63, 3.8) is 0 Å². The lowest BCUT2D eigenvalue weighted by molar-refractivity contribution is -0.136. The van der Waals surface area contributed by atoms with Gasteiger partial charge in [0, 0.05) is 38.6 Å². The first-order valence-electron chi connectivity index (χ1n) is 9.80. The maximum absolute atomic E-state index is 12.9. The van der Waals surface area contributed by atoms with Crippen LogP contribution in [0.3, 0.4) is 0 Å². The minimum atomic E-state index is -0.483. The number of rotatable bonds is 6. The Kier molecular flexibility index (Phi) is 6.90. The normalized spacial score (nSPS) is 19.8. The molecule has 1 aromatic heterocycles. The number of nitrogens with zero attached hydrogens (tertiary/aromatic N) is 1. The lowest BCUT2D eigenvalue weighted by Gasteiger charge is -2.32. The minimum absolute atomic E-state index is 0.0214. The molecule has 2 aliphatic rings. The lowest BCUT2D eigenvalue weighted by atomic mass is 9.77. The third-order valence-electron chi connectivity index (χ3n) is 5.60. The number of carbonyl (C=O) groups is 1. The monoisotopic (exact) mass is 379 g/mol. The Balaban J connectivity index is 1.89. The minimum Gasteiger partial charge on any atom is -0.502 e. The Bertz CT molecular complexity index is 688. The number of hydrogen-bond acceptors (Lipinski definition) is 6. The SMILES string of the molecule is COCc1cc(=O)c(O)c(C(CC(=O)N2CCOCC2)C2CCCCC2)o1. The van der Waals surface area contributed by atoms with Gasteiger partial charge in [-0.3, -0.25) is 9.59 Å². The Labute approximate surface area is 159 Å². The summed E-state index contributed by atoms with van der Waals surface area (Å²) in [5.41, 5.74) is -0.483. The van der Waals surface area contributed by atoms with Crippen molar-refractivity contribution in [1.29, 1.82) is 0 Å². The summed E-state index contributed by atoms with van der Waals surface area (Å²) in [6.07, 6.45) is 5.54. The molecular weight excluding hydrogens is 350 g/mol. The molecular formula is C20H29NO6.